The number of para-hydroxylation sites is 2. The van der Waals surface area contributed by atoms with Crippen molar-refractivity contribution in [3.8, 4) is 11.1 Å². The first-order valence-corrected chi connectivity index (χ1v) is 13.7. The maximum Gasteiger partial charge on any atom is 0.242 e. The van der Waals surface area contributed by atoms with Crippen LogP contribution in [-0.4, -0.2) is 11.7 Å². The minimum absolute atomic E-state index is 0.0600. The Morgan fingerprint density at radius 3 is 1.97 bits per heavy atom. The fourth-order valence-corrected chi connectivity index (χ4v) is 6.98. The summed E-state index contributed by atoms with van der Waals surface area (Å²) in [7, 11) is 0. The third-order valence-corrected chi connectivity index (χ3v) is 8.79. The number of rotatable bonds is 2. The predicted octanol–water partition coefficient (Wildman–Crippen LogP) is 6.84. The minimum atomic E-state index is -0.0600. The van der Waals surface area contributed by atoms with E-state index in [0.29, 0.717) is 0 Å². The number of aromatic nitrogens is 1. The molecular formula is C36H27BN2. The van der Waals surface area contributed by atoms with Crippen molar-refractivity contribution < 1.29 is 0 Å². The van der Waals surface area contributed by atoms with Crippen LogP contribution < -0.4 is 21.3 Å². The monoisotopic (exact) mass is 498 g/mol. The lowest BCUT2D eigenvalue weighted by atomic mass is 9.34. The summed E-state index contributed by atoms with van der Waals surface area (Å²) in [5.41, 5.74) is 14.0. The molecule has 0 fully saturated rings. The number of hydrogen-bond donors (Lipinski definition) is 0. The first-order chi connectivity index (χ1) is 19.1. The van der Waals surface area contributed by atoms with E-state index >= 15 is 0 Å². The van der Waals surface area contributed by atoms with E-state index in [2.05, 4.69) is 140 Å². The summed E-state index contributed by atoms with van der Waals surface area (Å²) in [4.78, 5) is 7.13. The molecule has 1 aromatic heterocycles. The Bertz CT molecular complexity index is 1850. The van der Waals surface area contributed by atoms with Gasteiger partial charge >= 0.3 is 0 Å². The van der Waals surface area contributed by atoms with Crippen molar-refractivity contribution in [1.82, 2.24) is 4.98 Å². The van der Waals surface area contributed by atoms with Gasteiger partial charge < -0.3 is 4.90 Å². The maximum absolute atomic E-state index is 4.71. The molecule has 0 unspecified atom stereocenters. The van der Waals surface area contributed by atoms with Crippen LogP contribution in [0.5, 0.6) is 0 Å². The van der Waals surface area contributed by atoms with Crippen molar-refractivity contribution in [1.29, 1.82) is 0 Å². The normalized spacial score (nSPS) is 14.5. The fraction of sp³-hybridized carbons (Fsp3) is 0.0833. The molecule has 0 bridgehead atoms. The summed E-state index contributed by atoms with van der Waals surface area (Å²) in [6, 6.07) is 44.5. The van der Waals surface area contributed by atoms with E-state index in [-0.39, 0.29) is 12.1 Å². The molecule has 0 saturated heterocycles. The first kappa shape index (κ1) is 22.4. The molecule has 0 amide bonds. The van der Waals surface area contributed by atoms with Gasteiger partial charge in [0.15, 0.2) is 0 Å². The van der Waals surface area contributed by atoms with E-state index in [1.807, 2.05) is 6.20 Å². The van der Waals surface area contributed by atoms with Gasteiger partial charge in [-0.3, -0.25) is 4.98 Å². The molecule has 0 N–H and O–H groups in total. The molecular weight excluding hydrogens is 471 g/mol. The molecule has 0 spiro atoms. The highest BCUT2D eigenvalue weighted by molar-refractivity contribution is 6.98. The van der Waals surface area contributed by atoms with Gasteiger partial charge in [0.25, 0.3) is 0 Å². The second-order valence-electron chi connectivity index (χ2n) is 11.2. The molecule has 5 aromatic carbocycles. The van der Waals surface area contributed by atoms with Crippen molar-refractivity contribution in [2.45, 2.75) is 19.3 Å². The van der Waals surface area contributed by atoms with Crippen LogP contribution in [0.1, 0.15) is 25.0 Å². The van der Waals surface area contributed by atoms with Crippen molar-refractivity contribution in [3.05, 3.63) is 139 Å². The zero-order valence-corrected chi connectivity index (χ0v) is 22.1. The van der Waals surface area contributed by atoms with Crippen LogP contribution in [0.2, 0.25) is 0 Å². The Morgan fingerprint density at radius 2 is 1.23 bits per heavy atom. The number of benzene rings is 5. The van der Waals surface area contributed by atoms with E-state index in [9.17, 15) is 0 Å². The molecule has 0 saturated carbocycles. The summed E-state index contributed by atoms with van der Waals surface area (Å²) < 4.78 is 0. The van der Waals surface area contributed by atoms with Gasteiger partial charge in [0.2, 0.25) is 6.71 Å². The molecule has 3 heteroatoms. The highest BCUT2D eigenvalue weighted by Gasteiger charge is 2.37. The third kappa shape index (κ3) is 3.13. The van der Waals surface area contributed by atoms with Gasteiger partial charge in [-0.05, 0) is 58.7 Å². The second-order valence-corrected chi connectivity index (χ2v) is 11.2. The summed E-state index contributed by atoms with van der Waals surface area (Å²) in [5.74, 6) is 0. The molecule has 2 aliphatic rings. The molecule has 2 nitrogen and oxygen atoms in total. The molecule has 0 atom stereocenters. The van der Waals surface area contributed by atoms with Crippen LogP contribution >= 0.6 is 0 Å². The van der Waals surface area contributed by atoms with Gasteiger partial charge in [0, 0.05) is 22.7 Å². The molecule has 0 aliphatic carbocycles. The number of fused-ring (bicyclic) bond motifs is 4. The Kier molecular flexibility index (Phi) is 4.69. The highest BCUT2D eigenvalue weighted by Crippen LogP contribution is 2.51. The SMILES string of the molecule is CC1(C)c2ccccc2N(c2ccc(B3c4ccccc4-c4ccnc5cccc3c45)cc2)c2ccccc21. The van der Waals surface area contributed by atoms with E-state index in [0.717, 1.165) is 5.52 Å². The topological polar surface area (TPSA) is 16.1 Å². The molecule has 0 radical (unpaired) electrons. The first-order valence-electron chi connectivity index (χ1n) is 13.7. The zero-order valence-electron chi connectivity index (χ0n) is 22.1. The molecule has 184 valence electrons. The smallest absolute Gasteiger partial charge is 0.242 e. The van der Waals surface area contributed by atoms with Crippen molar-refractivity contribution in [2.24, 2.45) is 0 Å². The van der Waals surface area contributed by atoms with Crippen molar-refractivity contribution in [2.75, 3.05) is 4.90 Å². The fourth-order valence-electron chi connectivity index (χ4n) is 6.98. The average Bonchev–Trinajstić information content (AvgIpc) is 2.98. The van der Waals surface area contributed by atoms with Gasteiger partial charge in [-0.25, -0.2) is 0 Å². The van der Waals surface area contributed by atoms with E-state index in [1.165, 1.54) is 61.1 Å². The zero-order chi connectivity index (χ0) is 26.1. The number of hydrogen-bond acceptors (Lipinski definition) is 2. The van der Waals surface area contributed by atoms with Gasteiger partial charge in [0.05, 0.1) is 16.9 Å². The Hall–Kier alpha value is -4.63. The second kappa shape index (κ2) is 8.18. The summed E-state index contributed by atoms with van der Waals surface area (Å²) in [6.07, 6.45) is 1.93. The van der Waals surface area contributed by atoms with E-state index < -0.39 is 0 Å². The third-order valence-electron chi connectivity index (χ3n) is 8.79. The van der Waals surface area contributed by atoms with Crippen LogP contribution in [0.25, 0.3) is 22.0 Å². The molecule has 3 heterocycles. The van der Waals surface area contributed by atoms with Crippen molar-refractivity contribution in [3.63, 3.8) is 0 Å². The van der Waals surface area contributed by atoms with Crippen LogP contribution in [-0.2, 0) is 5.41 Å². The Balaban J connectivity index is 1.30. The van der Waals surface area contributed by atoms with Crippen LogP contribution in [0, 0.1) is 0 Å². The van der Waals surface area contributed by atoms with Crippen LogP contribution in [0.3, 0.4) is 0 Å². The number of pyridine rings is 1. The maximum atomic E-state index is 4.71. The molecule has 39 heavy (non-hydrogen) atoms. The average molecular weight is 498 g/mol. The Morgan fingerprint density at radius 1 is 0.590 bits per heavy atom. The lowest BCUT2D eigenvalue weighted by Gasteiger charge is -2.42. The summed E-state index contributed by atoms with van der Waals surface area (Å²) in [6.45, 7) is 4.83. The lowest BCUT2D eigenvalue weighted by Crippen LogP contribution is -2.54. The van der Waals surface area contributed by atoms with E-state index in [1.54, 1.807) is 0 Å². The number of nitrogens with zero attached hydrogens (tertiary/aromatic N) is 2. The standard InChI is InChI=1S/C36H27BN2/c1-36(2)28-11-4-7-16-33(28)39(34-17-8-5-12-29(34)36)25-20-18-24(19-21-25)37-30-13-6-3-10-26(30)27-22-23-38-32-15-9-14-31(37)35(27)32/h3-23H,1-2H3. The quantitative estimate of drug-likeness (QED) is 0.243. The highest BCUT2D eigenvalue weighted by atomic mass is 15.2. The lowest BCUT2D eigenvalue weighted by molar-refractivity contribution is 0.632. The van der Waals surface area contributed by atoms with Crippen LogP contribution in [0.4, 0.5) is 17.1 Å². The summed E-state index contributed by atoms with van der Waals surface area (Å²) in [5, 5.41) is 1.27. The number of anilines is 3. The largest absolute Gasteiger partial charge is 0.310 e. The minimum Gasteiger partial charge on any atom is -0.310 e. The van der Waals surface area contributed by atoms with Gasteiger partial charge in [-0.1, -0.05) is 115 Å². The van der Waals surface area contributed by atoms with Crippen LogP contribution in [0.15, 0.2) is 128 Å². The molecule has 8 rings (SSSR count). The van der Waals surface area contributed by atoms with Gasteiger partial charge in [-0.15, -0.1) is 0 Å². The van der Waals surface area contributed by atoms with Crippen molar-refractivity contribution >= 4 is 51.1 Å². The Labute approximate surface area is 229 Å². The predicted molar refractivity (Wildman–Crippen MR) is 165 cm³/mol. The van der Waals surface area contributed by atoms with Gasteiger partial charge in [-0.2, -0.15) is 0 Å². The molecule has 6 aromatic rings. The van der Waals surface area contributed by atoms with Gasteiger partial charge in [0.1, 0.15) is 0 Å². The molecule has 2 aliphatic heterocycles. The summed E-state index contributed by atoms with van der Waals surface area (Å²) >= 11 is 0. The van der Waals surface area contributed by atoms with E-state index in [4.69, 9.17) is 4.98 Å².